The predicted octanol–water partition coefficient (Wildman–Crippen LogP) is 0.285. The summed E-state index contributed by atoms with van der Waals surface area (Å²) in [6, 6.07) is 0. The van der Waals surface area contributed by atoms with Crippen LogP contribution in [0.3, 0.4) is 0 Å². The molecule has 78 valence electrons. The Bertz CT molecular complexity index is 166. The van der Waals surface area contributed by atoms with Gasteiger partial charge in [0.2, 0.25) is 0 Å². The molecule has 0 aliphatic rings. The lowest BCUT2D eigenvalue weighted by Crippen LogP contribution is -2.44. The fraction of sp³-hybridized carbons (Fsp3) is 0.889. The molecule has 0 saturated carbocycles. The van der Waals surface area contributed by atoms with E-state index in [4.69, 9.17) is 10.5 Å². The molecule has 4 heteroatoms. The molecule has 0 saturated heterocycles. The molecule has 0 aromatic carbocycles. The molecule has 4 nitrogen and oxygen atoms in total. The van der Waals surface area contributed by atoms with Crippen molar-refractivity contribution in [1.29, 1.82) is 0 Å². The van der Waals surface area contributed by atoms with Crippen LogP contribution in [0.1, 0.15) is 27.2 Å². The van der Waals surface area contributed by atoms with Gasteiger partial charge >= 0.3 is 5.97 Å². The van der Waals surface area contributed by atoms with Gasteiger partial charge in [-0.3, -0.25) is 0 Å². The van der Waals surface area contributed by atoms with Crippen LogP contribution in [0.4, 0.5) is 0 Å². The highest BCUT2D eigenvalue weighted by molar-refractivity contribution is 5.78. The third-order valence-corrected chi connectivity index (χ3v) is 1.77. The van der Waals surface area contributed by atoms with Gasteiger partial charge in [-0.15, -0.1) is 0 Å². The molecule has 0 aliphatic carbocycles. The van der Waals surface area contributed by atoms with E-state index in [1.807, 2.05) is 13.8 Å². The second-order valence-corrected chi connectivity index (χ2v) is 3.80. The number of esters is 1. The fourth-order valence-electron chi connectivity index (χ4n) is 0.626. The van der Waals surface area contributed by atoms with Crippen LogP contribution < -0.4 is 5.73 Å². The summed E-state index contributed by atoms with van der Waals surface area (Å²) in [6.07, 6.45) is 0.798. The first-order valence-electron chi connectivity index (χ1n) is 4.50. The van der Waals surface area contributed by atoms with Gasteiger partial charge in [0, 0.05) is 6.54 Å². The number of carbonyl (C=O) groups excluding carboxylic acids is 1. The quantitative estimate of drug-likeness (QED) is 0.609. The topological polar surface area (TPSA) is 72.5 Å². The van der Waals surface area contributed by atoms with Crippen molar-refractivity contribution in [1.82, 2.24) is 0 Å². The van der Waals surface area contributed by atoms with Crippen molar-refractivity contribution < 1.29 is 14.6 Å². The van der Waals surface area contributed by atoms with E-state index in [9.17, 15) is 9.90 Å². The summed E-state index contributed by atoms with van der Waals surface area (Å²) in [5.41, 5.74) is 3.64. The van der Waals surface area contributed by atoms with Gasteiger partial charge in [0.1, 0.15) is 0 Å². The zero-order valence-electron chi connectivity index (χ0n) is 8.54. The Morgan fingerprint density at radius 3 is 2.54 bits per heavy atom. The average Bonchev–Trinajstić information content (AvgIpc) is 2.03. The van der Waals surface area contributed by atoms with Gasteiger partial charge in [0.05, 0.1) is 6.61 Å². The van der Waals surface area contributed by atoms with Crippen LogP contribution in [-0.2, 0) is 9.53 Å². The van der Waals surface area contributed by atoms with Gasteiger partial charge in [-0.25, -0.2) is 4.79 Å². The van der Waals surface area contributed by atoms with Crippen LogP contribution in [0.5, 0.6) is 0 Å². The second kappa shape index (κ2) is 5.19. The summed E-state index contributed by atoms with van der Waals surface area (Å²) in [6.45, 7) is 5.65. The normalized spacial score (nSPS) is 15.5. The summed E-state index contributed by atoms with van der Waals surface area (Å²) in [7, 11) is 0. The van der Waals surface area contributed by atoms with Crippen molar-refractivity contribution in [2.75, 3.05) is 13.2 Å². The Labute approximate surface area is 79.1 Å². The highest BCUT2D eigenvalue weighted by Gasteiger charge is 2.29. The maximum absolute atomic E-state index is 11.1. The van der Waals surface area contributed by atoms with E-state index in [1.54, 1.807) is 0 Å². The molecule has 1 unspecified atom stereocenters. The lowest BCUT2D eigenvalue weighted by molar-refractivity contribution is -0.162. The molecule has 0 spiro atoms. The molecule has 13 heavy (non-hydrogen) atoms. The lowest BCUT2D eigenvalue weighted by Gasteiger charge is -2.19. The van der Waals surface area contributed by atoms with Gasteiger partial charge in [-0.05, 0) is 19.3 Å². The fourth-order valence-corrected chi connectivity index (χ4v) is 0.626. The Morgan fingerprint density at radius 2 is 2.15 bits per heavy atom. The average molecular weight is 189 g/mol. The molecule has 0 heterocycles. The Hall–Kier alpha value is -0.610. The van der Waals surface area contributed by atoms with E-state index in [0.717, 1.165) is 6.42 Å². The van der Waals surface area contributed by atoms with Crippen molar-refractivity contribution in [3.05, 3.63) is 0 Å². The first kappa shape index (κ1) is 12.4. The maximum atomic E-state index is 11.1. The predicted molar refractivity (Wildman–Crippen MR) is 50.1 cm³/mol. The number of ether oxygens (including phenoxy) is 1. The lowest BCUT2D eigenvalue weighted by atomic mass is 10.1. The molecule has 0 fully saturated rings. The summed E-state index contributed by atoms with van der Waals surface area (Å²) in [5, 5.41) is 9.36. The van der Waals surface area contributed by atoms with E-state index >= 15 is 0 Å². The van der Waals surface area contributed by atoms with E-state index in [2.05, 4.69) is 0 Å². The SMILES string of the molecule is CC(C)CCOC(=O)C(C)(O)CN. The summed E-state index contributed by atoms with van der Waals surface area (Å²) in [5.74, 6) is -0.161. The van der Waals surface area contributed by atoms with Crippen LogP contribution in [0.15, 0.2) is 0 Å². The van der Waals surface area contributed by atoms with Crippen molar-refractivity contribution >= 4 is 5.97 Å². The molecule has 0 aromatic rings. The number of aliphatic hydroxyl groups is 1. The zero-order valence-corrected chi connectivity index (χ0v) is 8.54. The molecule has 0 aromatic heterocycles. The van der Waals surface area contributed by atoms with Gasteiger partial charge in [-0.2, -0.15) is 0 Å². The van der Waals surface area contributed by atoms with Crippen molar-refractivity contribution in [3.63, 3.8) is 0 Å². The highest BCUT2D eigenvalue weighted by Crippen LogP contribution is 2.05. The van der Waals surface area contributed by atoms with Gasteiger partial charge in [0.25, 0.3) is 0 Å². The van der Waals surface area contributed by atoms with E-state index in [0.29, 0.717) is 12.5 Å². The van der Waals surface area contributed by atoms with E-state index < -0.39 is 11.6 Å². The smallest absolute Gasteiger partial charge is 0.339 e. The van der Waals surface area contributed by atoms with Crippen molar-refractivity contribution in [2.45, 2.75) is 32.8 Å². The first-order valence-corrected chi connectivity index (χ1v) is 4.50. The van der Waals surface area contributed by atoms with Crippen molar-refractivity contribution in [3.8, 4) is 0 Å². The van der Waals surface area contributed by atoms with Crippen LogP contribution >= 0.6 is 0 Å². The number of hydrogen-bond donors (Lipinski definition) is 2. The standard InChI is InChI=1S/C9H19NO3/c1-7(2)4-5-13-8(11)9(3,12)6-10/h7,12H,4-6,10H2,1-3H3. The van der Waals surface area contributed by atoms with Gasteiger partial charge in [0.15, 0.2) is 5.60 Å². The Balaban J connectivity index is 3.75. The maximum Gasteiger partial charge on any atom is 0.339 e. The third kappa shape index (κ3) is 4.85. The number of hydrogen-bond acceptors (Lipinski definition) is 4. The van der Waals surface area contributed by atoms with Gasteiger partial charge < -0.3 is 15.6 Å². The minimum atomic E-state index is -1.54. The Kier molecular flexibility index (Phi) is 4.95. The third-order valence-electron chi connectivity index (χ3n) is 1.77. The highest BCUT2D eigenvalue weighted by atomic mass is 16.5. The molecule has 1 atom stereocenters. The number of carbonyl (C=O) groups is 1. The molecule has 0 radical (unpaired) electrons. The Morgan fingerprint density at radius 1 is 1.62 bits per heavy atom. The summed E-state index contributed by atoms with van der Waals surface area (Å²) >= 11 is 0. The largest absolute Gasteiger partial charge is 0.464 e. The summed E-state index contributed by atoms with van der Waals surface area (Å²) in [4.78, 5) is 11.1. The van der Waals surface area contributed by atoms with Crippen LogP contribution in [0.25, 0.3) is 0 Å². The molecule has 0 bridgehead atoms. The van der Waals surface area contributed by atoms with Crippen LogP contribution in [0.2, 0.25) is 0 Å². The van der Waals surface area contributed by atoms with Crippen LogP contribution in [0, 0.1) is 5.92 Å². The first-order chi connectivity index (χ1) is 5.90. The number of nitrogens with two attached hydrogens (primary N) is 1. The van der Waals surface area contributed by atoms with Gasteiger partial charge in [-0.1, -0.05) is 13.8 Å². The zero-order chi connectivity index (χ0) is 10.5. The summed E-state index contributed by atoms with van der Waals surface area (Å²) < 4.78 is 4.84. The molecule has 0 aliphatic heterocycles. The van der Waals surface area contributed by atoms with E-state index in [-0.39, 0.29) is 6.54 Å². The molecule has 0 amide bonds. The molecular formula is C9H19NO3. The van der Waals surface area contributed by atoms with Crippen LogP contribution in [-0.4, -0.2) is 29.8 Å². The second-order valence-electron chi connectivity index (χ2n) is 3.80. The molecular weight excluding hydrogens is 170 g/mol. The molecule has 0 rings (SSSR count). The molecule has 3 N–H and O–H groups in total. The number of rotatable bonds is 5. The minimum absolute atomic E-state index is 0.118. The monoisotopic (exact) mass is 189 g/mol. The van der Waals surface area contributed by atoms with Crippen molar-refractivity contribution in [2.24, 2.45) is 11.7 Å². The van der Waals surface area contributed by atoms with E-state index in [1.165, 1.54) is 6.92 Å². The minimum Gasteiger partial charge on any atom is -0.464 e.